The Kier molecular flexibility index (Phi) is 6.03. The van der Waals surface area contributed by atoms with Gasteiger partial charge in [-0.2, -0.15) is 5.26 Å². The van der Waals surface area contributed by atoms with Gasteiger partial charge in [0.05, 0.1) is 18.2 Å². The van der Waals surface area contributed by atoms with Gasteiger partial charge in [-0.1, -0.05) is 0 Å². The fourth-order valence-corrected chi connectivity index (χ4v) is 2.14. The van der Waals surface area contributed by atoms with Gasteiger partial charge < -0.3 is 15.0 Å². The van der Waals surface area contributed by atoms with Crippen LogP contribution in [0.1, 0.15) is 15.9 Å². The van der Waals surface area contributed by atoms with E-state index in [9.17, 15) is 22.8 Å². The van der Waals surface area contributed by atoms with Crippen LogP contribution in [-0.4, -0.2) is 36.7 Å². The van der Waals surface area contributed by atoms with Gasteiger partial charge in [0.2, 0.25) is 5.91 Å². The van der Waals surface area contributed by atoms with Gasteiger partial charge in [-0.15, -0.1) is 13.2 Å². The lowest BCUT2D eigenvalue weighted by Gasteiger charge is -2.17. The molecule has 0 fully saturated rings. The lowest BCUT2D eigenvalue weighted by Crippen LogP contribution is -2.34. The van der Waals surface area contributed by atoms with Gasteiger partial charge in [0.15, 0.2) is 0 Å². The predicted octanol–water partition coefficient (Wildman–Crippen LogP) is 3.17. The highest BCUT2D eigenvalue weighted by Crippen LogP contribution is 2.23. The molecular formula is C18H14F3N3O3. The van der Waals surface area contributed by atoms with E-state index in [-0.39, 0.29) is 12.2 Å². The predicted molar refractivity (Wildman–Crippen MR) is 89.9 cm³/mol. The van der Waals surface area contributed by atoms with Crippen LogP contribution in [-0.2, 0) is 4.79 Å². The number of nitriles is 1. The Morgan fingerprint density at radius 3 is 2.22 bits per heavy atom. The third-order valence-electron chi connectivity index (χ3n) is 3.36. The zero-order valence-electron chi connectivity index (χ0n) is 14.1. The molecular weight excluding hydrogens is 363 g/mol. The molecule has 2 aromatic carbocycles. The third-order valence-corrected chi connectivity index (χ3v) is 3.36. The van der Waals surface area contributed by atoms with E-state index in [4.69, 9.17) is 5.26 Å². The summed E-state index contributed by atoms with van der Waals surface area (Å²) in [6.07, 6.45) is -4.79. The van der Waals surface area contributed by atoms with Gasteiger partial charge in [-0.3, -0.25) is 9.59 Å². The van der Waals surface area contributed by atoms with Crippen LogP contribution in [0.25, 0.3) is 0 Å². The maximum Gasteiger partial charge on any atom is 0.573 e. The van der Waals surface area contributed by atoms with Crippen LogP contribution in [0.3, 0.4) is 0 Å². The van der Waals surface area contributed by atoms with Crippen molar-refractivity contribution in [3.63, 3.8) is 0 Å². The summed E-state index contributed by atoms with van der Waals surface area (Å²) in [7, 11) is 1.43. The fraction of sp³-hybridized carbons (Fsp3) is 0.167. The maximum absolute atomic E-state index is 12.2. The first kappa shape index (κ1) is 19.8. The molecule has 0 heterocycles. The lowest BCUT2D eigenvalue weighted by atomic mass is 10.1. The van der Waals surface area contributed by atoms with Gasteiger partial charge in [-0.25, -0.2) is 0 Å². The summed E-state index contributed by atoms with van der Waals surface area (Å²) in [6, 6.07) is 12.5. The molecule has 0 bridgehead atoms. The minimum atomic E-state index is -4.79. The largest absolute Gasteiger partial charge is 0.573 e. The highest BCUT2D eigenvalue weighted by Gasteiger charge is 2.31. The quantitative estimate of drug-likeness (QED) is 0.868. The summed E-state index contributed by atoms with van der Waals surface area (Å²) in [5.41, 5.74) is 0.983. The first-order chi connectivity index (χ1) is 12.7. The van der Waals surface area contributed by atoms with E-state index in [0.717, 1.165) is 12.1 Å². The van der Waals surface area contributed by atoms with Crippen LogP contribution in [0, 0.1) is 11.3 Å². The second kappa shape index (κ2) is 8.23. The minimum absolute atomic E-state index is 0.258. The van der Waals surface area contributed by atoms with Crippen LogP contribution < -0.4 is 10.1 Å². The number of alkyl halides is 3. The molecule has 27 heavy (non-hydrogen) atoms. The first-order valence-electron chi connectivity index (χ1n) is 7.59. The molecule has 0 aliphatic rings. The molecule has 0 aliphatic carbocycles. The number of rotatable bonds is 5. The van der Waals surface area contributed by atoms with E-state index in [1.807, 2.05) is 6.07 Å². The number of hydrogen-bond acceptors (Lipinski definition) is 4. The van der Waals surface area contributed by atoms with E-state index in [1.165, 1.54) is 48.3 Å². The maximum atomic E-state index is 12.2. The summed E-state index contributed by atoms with van der Waals surface area (Å²) in [5, 5.41) is 11.2. The Hall–Kier alpha value is -3.54. The SMILES string of the molecule is CN(CC(=O)Nc1ccc(OC(F)(F)F)cc1)C(=O)c1ccc(C#N)cc1. The van der Waals surface area contributed by atoms with Crippen LogP contribution in [0.15, 0.2) is 48.5 Å². The molecule has 2 aromatic rings. The highest BCUT2D eigenvalue weighted by atomic mass is 19.4. The monoisotopic (exact) mass is 377 g/mol. The average molecular weight is 377 g/mol. The lowest BCUT2D eigenvalue weighted by molar-refractivity contribution is -0.274. The molecule has 6 nitrogen and oxygen atoms in total. The molecule has 0 radical (unpaired) electrons. The number of anilines is 1. The van der Waals surface area contributed by atoms with Crippen molar-refractivity contribution in [1.82, 2.24) is 4.90 Å². The average Bonchev–Trinajstić information content (AvgIpc) is 2.61. The van der Waals surface area contributed by atoms with Gasteiger partial charge in [0.1, 0.15) is 5.75 Å². The molecule has 140 valence electrons. The number of nitrogens with zero attached hydrogens (tertiary/aromatic N) is 2. The molecule has 0 aromatic heterocycles. The summed E-state index contributed by atoms with van der Waals surface area (Å²) in [5.74, 6) is -1.35. The minimum Gasteiger partial charge on any atom is -0.406 e. The molecule has 2 rings (SSSR count). The molecule has 0 atom stereocenters. The Balaban J connectivity index is 1.92. The molecule has 0 saturated heterocycles. The topological polar surface area (TPSA) is 82.4 Å². The molecule has 9 heteroatoms. The second-order valence-corrected chi connectivity index (χ2v) is 5.47. The summed E-state index contributed by atoms with van der Waals surface area (Å²) in [4.78, 5) is 25.4. The molecule has 0 aliphatic heterocycles. The molecule has 0 saturated carbocycles. The smallest absolute Gasteiger partial charge is 0.406 e. The summed E-state index contributed by atoms with van der Waals surface area (Å²) < 4.78 is 40.1. The van der Waals surface area contributed by atoms with Crippen LogP contribution in [0.4, 0.5) is 18.9 Å². The van der Waals surface area contributed by atoms with Crippen molar-refractivity contribution in [2.45, 2.75) is 6.36 Å². The Labute approximate surface area is 152 Å². The van der Waals surface area contributed by atoms with Crippen molar-refractivity contribution in [3.8, 4) is 11.8 Å². The second-order valence-electron chi connectivity index (χ2n) is 5.47. The third kappa shape index (κ3) is 6.04. The highest BCUT2D eigenvalue weighted by molar-refractivity contribution is 5.99. The fourth-order valence-electron chi connectivity index (χ4n) is 2.14. The van der Waals surface area contributed by atoms with Crippen molar-refractivity contribution in [2.75, 3.05) is 18.9 Å². The molecule has 0 spiro atoms. The van der Waals surface area contributed by atoms with E-state index in [2.05, 4.69) is 10.1 Å². The standard InChI is InChI=1S/C18H14F3N3O3/c1-24(17(26)13-4-2-12(10-22)3-5-13)11-16(25)23-14-6-8-15(9-7-14)27-18(19,20)21/h2-9H,11H2,1H3,(H,23,25). The van der Waals surface area contributed by atoms with Crippen molar-refractivity contribution >= 4 is 17.5 Å². The Morgan fingerprint density at radius 1 is 1.11 bits per heavy atom. The van der Waals surface area contributed by atoms with Crippen LogP contribution in [0.2, 0.25) is 0 Å². The van der Waals surface area contributed by atoms with Crippen LogP contribution >= 0.6 is 0 Å². The van der Waals surface area contributed by atoms with Crippen molar-refractivity contribution in [3.05, 3.63) is 59.7 Å². The summed E-state index contributed by atoms with van der Waals surface area (Å²) in [6.45, 7) is -0.264. The molecule has 1 N–H and O–H groups in total. The number of benzene rings is 2. The van der Waals surface area contributed by atoms with E-state index in [0.29, 0.717) is 11.1 Å². The van der Waals surface area contributed by atoms with Gasteiger partial charge >= 0.3 is 6.36 Å². The number of carbonyl (C=O) groups is 2. The number of carbonyl (C=O) groups excluding carboxylic acids is 2. The Morgan fingerprint density at radius 2 is 1.70 bits per heavy atom. The van der Waals surface area contributed by atoms with E-state index < -0.39 is 23.9 Å². The first-order valence-corrected chi connectivity index (χ1v) is 7.59. The van der Waals surface area contributed by atoms with Crippen molar-refractivity contribution in [1.29, 1.82) is 5.26 Å². The van der Waals surface area contributed by atoms with Gasteiger partial charge in [-0.05, 0) is 48.5 Å². The Bertz CT molecular complexity index is 857. The summed E-state index contributed by atoms with van der Waals surface area (Å²) >= 11 is 0. The molecule has 0 unspecified atom stereocenters. The van der Waals surface area contributed by atoms with E-state index >= 15 is 0 Å². The number of amides is 2. The number of ether oxygens (including phenoxy) is 1. The number of likely N-dealkylation sites (N-methyl/N-ethyl adjacent to an activating group) is 1. The van der Waals surface area contributed by atoms with Crippen molar-refractivity contribution in [2.24, 2.45) is 0 Å². The molecule has 2 amide bonds. The number of halogens is 3. The number of hydrogen-bond donors (Lipinski definition) is 1. The number of nitrogens with one attached hydrogen (secondary N) is 1. The zero-order valence-corrected chi connectivity index (χ0v) is 14.1. The van der Waals surface area contributed by atoms with E-state index in [1.54, 1.807) is 0 Å². The van der Waals surface area contributed by atoms with Crippen LogP contribution in [0.5, 0.6) is 5.75 Å². The van der Waals surface area contributed by atoms with Gasteiger partial charge in [0.25, 0.3) is 5.91 Å². The zero-order chi connectivity index (χ0) is 20.0. The normalized spacial score (nSPS) is 10.6. The van der Waals surface area contributed by atoms with Crippen molar-refractivity contribution < 1.29 is 27.5 Å². The van der Waals surface area contributed by atoms with Gasteiger partial charge in [0, 0.05) is 18.3 Å².